The molecule has 0 bridgehead atoms. The minimum Gasteiger partial charge on any atom is -0.350 e. The standard InChI is InChI=1S/C13H17N5O/c1-17-10-14-7-11(17)12(19)15-8-13(3-4-13)9-18-6-2-5-16-18/h2,5-7,10H,3-4,8-9H2,1H3,(H,15,19). The predicted octanol–water partition coefficient (Wildman–Crippen LogP) is 0.827. The molecule has 1 N–H and O–H groups in total. The molecule has 19 heavy (non-hydrogen) atoms. The van der Waals surface area contributed by atoms with Crippen molar-refractivity contribution in [2.45, 2.75) is 19.4 Å². The minimum atomic E-state index is -0.0632. The van der Waals surface area contributed by atoms with Crippen LogP contribution >= 0.6 is 0 Å². The number of rotatable bonds is 5. The zero-order valence-electron chi connectivity index (χ0n) is 10.9. The van der Waals surface area contributed by atoms with Gasteiger partial charge in [-0.2, -0.15) is 5.10 Å². The second-order valence-corrected chi connectivity index (χ2v) is 5.28. The number of imidazole rings is 1. The molecule has 6 heteroatoms. The molecule has 0 atom stereocenters. The van der Waals surface area contributed by atoms with Crippen molar-refractivity contribution in [3.63, 3.8) is 0 Å². The highest BCUT2D eigenvalue weighted by Crippen LogP contribution is 2.46. The van der Waals surface area contributed by atoms with Gasteiger partial charge in [-0.05, 0) is 18.9 Å². The summed E-state index contributed by atoms with van der Waals surface area (Å²) in [5, 5.41) is 7.22. The molecular formula is C13H17N5O. The van der Waals surface area contributed by atoms with Gasteiger partial charge >= 0.3 is 0 Å². The Morgan fingerprint density at radius 3 is 2.95 bits per heavy atom. The van der Waals surface area contributed by atoms with Crippen molar-refractivity contribution >= 4 is 5.91 Å². The quantitative estimate of drug-likeness (QED) is 0.865. The van der Waals surface area contributed by atoms with E-state index in [2.05, 4.69) is 15.4 Å². The summed E-state index contributed by atoms with van der Waals surface area (Å²) in [5.74, 6) is -0.0632. The number of aryl methyl sites for hydroxylation is 1. The summed E-state index contributed by atoms with van der Waals surface area (Å²) < 4.78 is 3.66. The lowest BCUT2D eigenvalue weighted by molar-refractivity contribution is 0.0934. The molecule has 0 spiro atoms. The molecule has 2 aromatic heterocycles. The molecule has 1 aliphatic carbocycles. The number of amides is 1. The highest BCUT2D eigenvalue weighted by Gasteiger charge is 2.43. The van der Waals surface area contributed by atoms with Crippen LogP contribution in [0.5, 0.6) is 0 Å². The molecule has 0 unspecified atom stereocenters. The second-order valence-electron chi connectivity index (χ2n) is 5.28. The highest BCUT2D eigenvalue weighted by atomic mass is 16.1. The molecular weight excluding hydrogens is 242 g/mol. The van der Waals surface area contributed by atoms with Crippen LogP contribution in [-0.2, 0) is 13.6 Å². The maximum atomic E-state index is 12.0. The summed E-state index contributed by atoms with van der Waals surface area (Å²) in [4.78, 5) is 16.0. The molecule has 0 aliphatic heterocycles. The van der Waals surface area contributed by atoms with Gasteiger partial charge < -0.3 is 9.88 Å². The first-order chi connectivity index (χ1) is 9.19. The van der Waals surface area contributed by atoms with Crippen molar-refractivity contribution in [1.82, 2.24) is 24.6 Å². The van der Waals surface area contributed by atoms with Gasteiger partial charge in [-0.1, -0.05) is 0 Å². The number of aromatic nitrogens is 4. The maximum absolute atomic E-state index is 12.0. The number of carbonyl (C=O) groups is 1. The molecule has 2 aromatic rings. The van der Waals surface area contributed by atoms with Crippen molar-refractivity contribution in [3.8, 4) is 0 Å². The van der Waals surface area contributed by atoms with Gasteiger partial charge in [0.1, 0.15) is 5.69 Å². The van der Waals surface area contributed by atoms with Crippen molar-refractivity contribution in [1.29, 1.82) is 0 Å². The Bertz CT molecular complexity index is 568. The molecule has 3 rings (SSSR count). The van der Waals surface area contributed by atoms with Crippen molar-refractivity contribution in [3.05, 3.63) is 36.7 Å². The summed E-state index contributed by atoms with van der Waals surface area (Å²) in [7, 11) is 1.82. The summed E-state index contributed by atoms with van der Waals surface area (Å²) in [6, 6.07) is 1.92. The molecule has 6 nitrogen and oxygen atoms in total. The van der Waals surface area contributed by atoms with E-state index < -0.39 is 0 Å². The fraction of sp³-hybridized carbons (Fsp3) is 0.462. The third-order valence-corrected chi connectivity index (χ3v) is 3.69. The van der Waals surface area contributed by atoms with Gasteiger partial charge in [-0.3, -0.25) is 9.48 Å². The van der Waals surface area contributed by atoms with Crippen LogP contribution in [0.25, 0.3) is 0 Å². The van der Waals surface area contributed by atoms with Gasteiger partial charge in [0, 0.05) is 37.9 Å². The second kappa shape index (κ2) is 4.53. The van der Waals surface area contributed by atoms with Gasteiger partial charge in [0.15, 0.2) is 0 Å². The van der Waals surface area contributed by atoms with Crippen molar-refractivity contribution < 1.29 is 4.79 Å². The van der Waals surface area contributed by atoms with Crippen LogP contribution in [0.2, 0.25) is 0 Å². The number of hydrogen-bond donors (Lipinski definition) is 1. The zero-order valence-corrected chi connectivity index (χ0v) is 10.9. The monoisotopic (exact) mass is 259 g/mol. The summed E-state index contributed by atoms with van der Waals surface area (Å²) >= 11 is 0. The lowest BCUT2D eigenvalue weighted by Gasteiger charge is -2.16. The molecule has 0 radical (unpaired) electrons. The lowest BCUT2D eigenvalue weighted by atomic mass is 10.1. The number of nitrogens with one attached hydrogen (secondary N) is 1. The van der Waals surface area contributed by atoms with Crippen LogP contribution in [0.3, 0.4) is 0 Å². The average molecular weight is 259 g/mol. The van der Waals surface area contributed by atoms with Crippen LogP contribution in [0.1, 0.15) is 23.3 Å². The smallest absolute Gasteiger partial charge is 0.269 e. The Balaban J connectivity index is 1.58. The highest BCUT2D eigenvalue weighted by molar-refractivity contribution is 5.92. The van der Waals surface area contributed by atoms with Crippen LogP contribution in [0, 0.1) is 5.41 Å². The Hall–Kier alpha value is -2.11. The number of carbonyl (C=O) groups excluding carboxylic acids is 1. The largest absolute Gasteiger partial charge is 0.350 e. The van der Waals surface area contributed by atoms with Crippen LogP contribution < -0.4 is 5.32 Å². The van der Waals surface area contributed by atoms with E-state index >= 15 is 0 Å². The van der Waals surface area contributed by atoms with Gasteiger partial charge in [0.2, 0.25) is 0 Å². The first-order valence-corrected chi connectivity index (χ1v) is 6.41. The van der Waals surface area contributed by atoms with Crippen LogP contribution in [-0.4, -0.2) is 31.8 Å². The number of nitrogens with zero attached hydrogens (tertiary/aromatic N) is 4. The SMILES string of the molecule is Cn1cncc1C(=O)NCC1(Cn2cccn2)CC1. The molecule has 1 saturated carbocycles. The van der Waals surface area contributed by atoms with E-state index in [0.29, 0.717) is 12.2 Å². The number of hydrogen-bond acceptors (Lipinski definition) is 3. The van der Waals surface area contributed by atoms with E-state index in [0.717, 1.165) is 19.4 Å². The predicted molar refractivity (Wildman–Crippen MR) is 69.4 cm³/mol. The van der Waals surface area contributed by atoms with Gasteiger partial charge in [-0.15, -0.1) is 0 Å². The first kappa shape index (κ1) is 12.0. The molecule has 0 aromatic carbocycles. The summed E-state index contributed by atoms with van der Waals surface area (Å²) in [6.07, 6.45) is 9.23. The molecule has 100 valence electrons. The molecule has 1 fully saturated rings. The Morgan fingerprint density at radius 1 is 1.53 bits per heavy atom. The van der Waals surface area contributed by atoms with E-state index in [1.54, 1.807) is 23.3 Å². The van der Waals surface area contributed by atoms with E-state index in [4.69, 9.17) is 0 Å². The van der Waals surface area contributed by atoms with Crippen LogP contribution in [0.15, 0.2) is 31.0 Å². The molecule has 1 aliphatic rings. The summed E-state index contributed by atoms with van der Waals surface area (Å²) in [6.45, 7) is 1.56. The lowest BCUT2D eigenvalue weighted by Crippen LogP contribution is -2.33. The Kier molecular flexibility index (Phi) is 2.85. The third-order valence-electron chi connectivity index (χ3n) is 3.69. The molecule has 0 saturated heterocycles. The third kappa shape index (κ3) is 2.52. The molecule has 1 amide bonds. The fourth-order valence-electron chi connectivity index (χ4n) is 2.24. The Morgan fingerprint density at radius 2 is 2.37 bits per heavy atom. The average Bonchev–Trinajstić information content (AvgIpc) is 2.78. The van der Waals surface area contributed by atoms with Gasteiger partial charge in [0.05, 0.1) is 12.5 Å². The summed E-state index contributed by atoms with van der Waals surface area (Å²) in [5.41, 5.74) is 0.773. The fourth-order valence-corrected chi connectivity index (χ4v) is 2.24. The normalized spacial score (nSPS) is 16.3. The van der Waals surface area contributed by atoms with Gasteiger partial charge in [0.25, 0.3) is 5.91 Å². The van der Waals surface area contributed by atoms with Crippen molar-refractivity contribution in [2.24, 2.45) is 12.5 Å². The van der Waals surface area contributed by atoms with Crippen LogP contribution in [0.4, 0.5) is 0 Å². The first-order valence-electron chi connectivity index (χ1n) is 6.41. The van der Waals surface area contributed by atoms with E-state index in [1.165, 1.54) is 0 Å². The van der Waals surface area contributed by atoms with E-state index in [-0.39, 0.29) is 11.3 Å². The van der Waals surface area contributed by atoms with Crippen molar-refractivity contribution in [2.75, 3.05) is 6.54 Å². The minimum absolute atomic E-state index is 0.0632. The zero-order chi connectivity index (χ0) is 13.3. The molecule has 2 heterocycles. The maximum Gasteiger partial charge on any atom is 0.269 e. The van der Waals surface area contributed by atoms with E-state index in [1.807, 2.05) is 24.0 Å². The topological polar surface area (TPSA) is 64.7 Å². The Labute approximate surface area is 111 Å². The van der Waals surface area contributed by atoms with Gasteiger partial charge in [-0.25, -0.2) is 4.98 Å². The van der Waals surface area contributed by atoms with E-state index in [9.17, 15) is 4.79 Å².